The topological polar surface area (TPSA) is 44.5 Å². The van der Waals surface area contributed by atoms with E-state index in [1.165, 1.54) is 57.8 Å². The molecule has 0 aromatic heterocycles. The van der Waals surface area contributed by atoms with Gasteiger partial charge in [-0.25, -0.2) is 0 Å². The lowest BCUT2D eigenvalue weighted by atomic mass is 10.1. The molecule has 3 heteroatoms. The van der Waals surface area contributed by atoms with Crippen LogP contribution in [0.5, 0.6) is 0 Å². The van der Waals surface area contributed by atoms with E-state index in [1.54, 1.807) is 0 Å². The van der Waals surface area contributed by atoms with Crippen LogP contribution < -0.4 is 5.11 Å². The van der Waals surface area contributed by atoms with Gasteiger partial charge >= 0.3 is 0 Å². The molecule has 0 saturated carbocycles. The SMILES string of the molecule is CCCCCCCCCCCC[N+]#CCC(=O)[O-]. The molecule has 0 aliphatic carbocycles. The standard InChI is InChI=1S/C15H27NO2/c1-2-3-4-5-6-7-8-9-10-11-13-16-14-12-15(17)18/h2-13H2,1H3. The number of carboxylic acid groups (broad SMARTS) is 1. The Labute approximate surface area is 111 Å². The number of hydrogen-bond acceptors (Lipinski definition) is 2. The monoisotopic (exact) mass is 253 g/mol. The van der Waals surface area contributed by atoms with Crippen molar-refractivity contribution < 1.29 is 9.90 Å². The first-order chi connectivity index (χ1) is 8.77. The number of carbonyl (C=O) groups excluding carboxylic acids is 1. The summed E-state index contributed by atoms with van der Waals surface area (Å²) in [5.41, 5.74) is 0. The average Bonchev–Trinajstić information content (AvgIpc) is 2.34. The maximum Gasteiger partial charge on any atom is 0.279 e. The number of carboxylic acids is 1. The Bertz CT molecular complexity index is 253. The normalized spacial score (nSPS) is 9.83. The second-order valence-electron chi connectivity index (χ2n) is 4.77. The van der Waals surface area contributed by atoms with Crippen LogP contribution in [0.2, 0.25) is 0 Å². The van der Waals surface area contributed by atoms with E-state index < -0.39 is 5.97 Å². The van der Waals surface area contributed by atoms with Gasteiger partial charge in [0, 0.05) is 6.42 Å². The first-order valence-electron chi connectivity index (χ1n) is 7.36. The van der Waals surface area contributed by atoms with Crippen LogP contribution in [-0.2, 0) is 4.79 Å². The van der Waals surface area contributed by atoms with Crippen molar-refractivity contribution in [1.82, 2.24) is 0 Å². The van der Waals surface area contributed by atoms with Gasteiger partial charge in [-0.2, -0.15) is 0 Å². The van der Waals surface area contributed by atoms with E-state index >= 15 is 0 Å². The molecule has 3 nitrogen and oxygen atoms in total. The Morgan fingerprint density at radius 1 is 0.944 bits per heavy atom. The largest absolute Gasteiger partial charge is 0.549 e. The molecule has 0 saturated heterocycles. The van der Waals surface area contributed by atoms with Crippen LogP contribution >= 0.6 is 0 Å². The minimum Gasteiger partial charge on any atom is -0.549 e. The summed E-state index contributed by atoms with van der Waals surface area (Å²) in [5, 5.41) is 10.1. The van der Waals surface area contributed by atoms with Crippen LogP contribution in [-0.4, -0.2) is 12.5 Å². The number of aliphatic carboxylic acids is 1. The summed E-state index contributed by atoms with van der Waals surface area (Å²) < 4.78 is 0. The fourth-order valence-corrected chi connectivity index (χ4v) is 1.88. The highest BCUT2D eigenvalue weighted by molar-refractivity contribution is 5.67. The Kier molecular flexibility index (Phi) is 13.2. The predicted molar refractivity (Wildman–Crippen MR) is 73.6 cm³/mol. The molecule has 0 bridgehead atoms. The first kappa shape index (κ1) is 17.0. The number of hydrogen-bond donors (Lipinski definition) is 0. The molecular formula is C15H27NO2. The Hall–Kier alpha value is -1.04. The minimum absolute atomic E-state index is 0.183. The van der Waals surface area contributed by atoms with Gasteiger partial charge in [0.1, 0.15) is 6.42 Å². The highest BCUT2D eigenvalue weighted by Gasteiger charge is 1.95. The van der Waals surface area contributed by atoms with E-state index in [2.05, 4.69) is 17.8 Å². The molecule has 0 aromatic carbocycles. The van der Waals surface area contributed by atoms with Crippen molar-refractivity contribution >= 4 is 5.97 Å². The van der Waals surface area contributed by atoms with Crippen LogP contribution in [0.1, 0.15) is 77.6 Å². The number of carbonyl (C=O) groups is 1. The van der Waals surface area contributed by atoms with Crippen molar-refractivity contribution in [3.63, 3.8) is 0 Å². The highest BCUT2D eigenvalue weighted by Crippen LogP contribution is 2.10. The molecule has 18 heavy (non-hydrogen) atoms. The van der Waals surface area contributed by atoms with Gasteiger partial charge in [0.25, 0.3) is 12.6 Å². The van der Waals surface area contributed by atoms with E-state index in [9.17, 15) is 9.90 Å². The van der Waals surface area contributed by atoms with Crippen LogP contribution in [0.4, 0.5) is 0 Å². The molecule has 0 atom stereocenters. The molecule has 0 fully saturated rings. The zero-order chi connectivity index (χ0) is 13.5. The summed E-state index contributed by atoms with van der Waals surface area (Å²) >= 11 is 0. The van der Waals surface area contributed by atoms with Crippen molar-refractivity contribution in [3.8, 4) is 6.07 Å². The van der Waals surface area contributed by atoms with Gasteiger partial charge in [0.2, 0.25) is 0 Å². The molecule has 0 aliphatic rings. The molecule has 0 aliphatic heterocycles. The van der Waals surface area contributed by atoms with Crippen LogP contribution in [0.25, 0.3) is 4.85 Å². The summed E-state index contributed by atoms with van der Waals surface area (Å²) in [4.78, 5) is 14.0. The molecule has 0 unspecified atom stereocenters. The van der Waals surface area contributed by atoms with E-state index in [0.717, 1.165) is 6.42 Å². The Morgan fingerprint density at radius 2 is 1.44 bits per heavy atom. The quantitative estimate of drug-likeness (QED) is 0.530. The molecule has 0 amide bonds. The maximum absolute atomic E-state index is 10.1. The van der Waals surface area contributed by atoms with E-state index in [4.69, 9.17) is 0 Å². The summed E-state index contributed by atoms with van der Waals surface area (Å²) in [6, 6.07) is 2.48. The van der Waals surface area contributed by atoms with Gasteiger partial charge in [0.05, 0.1) is 5.97 Å². The van der Waals surface area contributed by atoms with Crippen molar-refractivity contribution in [1.29, 1.82) is 0 Å². The third kappa shape index (κ3) is 15.0. The fraction of sp³-hybridized carbons (Fsp3) is 0.867. The summed E-state index contributed by atoms with van der Waals surface area (Å²) in [7, 11) is 0. The van der Waals surface area contributed by atoms with Crippen molar-refractivity contribution in [3.05, 3.63) is 4.85 Å². The summed E-state index contributed by atoms with van der Waals surface area (Å²) in [5.74, 6) is -1.11. The summed E-state index contributed by atoms with van der Waals surface area (Å²) in [6.45, 7) is 2.94. The lowest BCUT2D eigenvalue weighted by molar-refractivity contribution is -0.304. The molecule has 0 aromatic rings. The molecular weight excluding hydrogens is 226 g/mol. The molecule has 0 rings (SSSR count). The van der Waals surface area contributed by atoms with Crippen LogP contribution in [0, 0.1) is 6.07 Å². The second kappa shape index (κ2) is 14.0. The van der Waals surface area contributed by atoms with Crippen molar-refractivity contribution in [2.24, 2.45) is 0 Å². The Balaban J connectivity index is 3.06. The number of unbranched alkanes of at least 4 members (excludes halogenated alkanes) is 9. The smallest absolute Gasteiger partial charge is 0.279 e. The predicted octanol–water partition coefficient (Wildman–Crippen LogP) is 3.38. The van der Waals surface area contributed by atoms with Gasteiger partial charge in [-0.05, 0) is 6.42 Å². The fourth-order valence-electron chi connectivity index (χ4n) is 1.88. The minimum atomic E-state index is -1.11. The Morgan fingerprint density at radius 3 is 1.94 bits per heavy atom. The third-order valence-electron chi connectivity index (χ3n) is 2.96. The van der Waals surface area contributed by atoms with E-state index in [1.807, 2.05) is 0 Å². The third-order valence-corrected chi connectivity index (χ3v) is 2.96. The number of nitrogens with zero attached hydrogens (tertiary/aromatic N) is 1. The number of rotatable bonds is 11. The van der Waals surface area contributed by atoms with Gasteiger partial charge in [-0.15, -0.1) is 0 Å². The molecule has 0 heterocycles. The van der Waals surface area contributed by atoms with Gasteiger partial charge in [-0.1, -0.05) is 63.1 Å². The highest BCUT2D eigenvalue weighted by atomic mass is 16.4. The second-order valence-corrected chi connectivity index (χ2v) is 4.77. The van der Waals surface area contributed by atoms with Crippen molar-refractivity contribution in [2.45, 2.75) is 77.6 Å². The molecule has 104 valence electrons. The lowest BCUT2D eigenvalue weighted by Crippen LogP contribution is -2.20. The summed E-state index contributed by atoms with van der Waals surface area (Å²) in [6.07, 6.45) is 12.8. The molecule has 0 N–H and O–H groups in total. The lowest BCUT2D eigenvalue weighted by Gasteiger charge is -1.99. The van der Waals surface area contributed by atoms with E-state index in [0.29, 0.717) is 6.54 Å². The van der Waals surface area contributed by atoms with Crippen molar-refractivity contribution in [2.75, 3.05) is 6.54 Å². The first-order valence-corrected chi connectivity index (χ1v) is 7.36. The van der Waals surface area contributed by atoms with Gasteiger partial charge < -0.3 is 9.90 Å². The zero-order valence-electron chi connectivity index (χ0n) is 11.7. The molecule has 0 radical (unpaired) electrons. The zero-order valence-corrected chi connectivity index (χ0v) is 11.7. The van der Waals surface area contributed by atoms with Gasteiger partial charge in [0.15, 0.2) is 0 Å². The molecule has 0 spiro atoms. The van der Waals surface area contributed by atoms with Crippen LogP contribution in [0.3, 0.4) is 0 Å². The van der Waals surface area contributed by atoms with Gasteiger partial charge in [-0.3, -0.25) is 0 Å². The maximum atomic E-state index is 10.1. The van der Waals surface area contributed by atoms with E-state index in [-0.39, 0.29) is 6.42 Å². The average molecular weight is 253 g/mol. The van der Waals surface area contributed by atoms with Crippen LogP contribution in [0.15, 0.2) is 0 Å².